The molecule has 0 fully saturated rings. The Balaban J connectivity index is 2.10. The molecule has 0 atom stereocenters. The number of nitrogens with one attached hydrogen (secondary N) is 1. The van der Waals surface area contributed by atoms with E-state index in [9.17, 15) is 38.5 Å². The van der Waals surface area contributed by atoms with Crippen molar-refractivity contribution in [3.63, 3.8) is 0 Å². The van der Waals surface area contributed by atoms with Crippen LogP contribution in [0, 0.1) is 20.2 Å². The lowest BCUT2D eigenvalue weighted by Gasteiger charge is -2.10. The number of benzene rings is 2. The van der Waals surface area contributed by atoms with Crippen molar-refractivity contribution in [1.82, 2.24) is 0 Å². The first kappa shape index (κ1) is 22.4. The molecule has 0 spiro atoms. The fourth-order valence-corrected chi connectivity index (χ4v) is 2.40. The fourth-order valence-electron chi connectivity index (χ4n) is 2.40. The van der Waals surface area contributed by atoms with Gasteiger partial charge in [-0.15, -0.1) is 0 Å². The molecule has 0 heterocycles. The van der Waals surface area contributed by atoms with Gasteiger partial charge in [0.05, 0.1) is 35.1 Å². The SMILES string of the molecule is COc1cc(C=NCCNc2ccc(C(F)(F)F)cc2[N+](=O)[O-])c(O)c([N+](=O)[O-])c1. The summed E-state index contributed by atoms with van der Waals surface area (Å²) < 4.78 is 43.0. The number of aromatic hydroxyl groups is 1. The van der Waals surface area contributed by atoms with Crippen LogP contribution in [0.4, 0.5) is 30.2 Å². The number of anilines is 1. The van der Waals surface area contributed by atoms with Gasteiger partial charge in [0.25, 0.3) is 5.69 Å². The van der Waals surface area contributed by atoms with Gasteiger partial charge in [0.1, 0.15) is 11.4 Å². The van der Waals surface area contributed by atoms with Gasteiger partial charge >= 0.3 is 11.9 Å². The number of hydrogen-bond donors (Lipinski definition) is 2. The summed E-state index contributed by atoms with van der Waals surface area (Å²) in [6.45, 7) is 0.0121. The van der Waals surface area contributed by atoms with Crippen LogP contribution in [0.1, 0.15) is 11.1 Å². The molecular weight excluding hydrogens is 413 g/mol. The second-order valence-electron chi connectivity index (χ2n) is 5.79. The highest BCUT2D eigenvalue weighted by atomic mass is 19.4. The number of nitro benzene ring substituents is 2. The van der Waals surface area contributed by atoms with Crippen LogP contribution in [-0.4, -0.2) is 41.4 Å². The third-order valence-electron chi connectivity index (χ3n) is 3.83. The van der Waals surface area contributed by atoms with Gasteiger partial charge in [0.15, 0.2) is 0 Å². The van der Waals surface area contributed by atoms with Crippen molar-refractivity contribution in [1.29, 1.82) is 0 Å². The molecule has 0 saturated heterocycles. The number of nitrogens with zero attached hydrogens (tertiary/aromatic N) is 3. The minimum atomic E-state index is -4.71. The Morgan fingerprint density at radius 3 is 2.40 bits per heavy atom. The maximum absolute atomic E-state index is 12.7. The molecule has 30 heavy (non-hydrogen) atoms. The van der Waals surface area contributed by atoms with Gasteiger partial charge in [0, 0.05) is 24.4 Å². The summed E-state index contributed by atoms with van der Waals surface area (Å²) in [5.41, 5.74) is -2.57. The topological polar surface area (TPSA) is 140 Å². The summed E-state index contributed by atoms with van der Waals surface area (Å²) in [7, 11) is 1.29. The van der Waals surface area contributed by atoms with E-state index in [0.717, 1.165) is 18.3 Å². The summed E-state index contributed by atoms with van der Waals surface area (Å²) in [4.78, 5) is 24.2. The molecule has 0 saturated carbocycles. The van der Waals surface area contributed by atoms with E-state index in [1.807, 2.05) is 0 Å². The molecule has 0 aliphatic rings. The third-order valence-corrected chi connectivity index (χ3v) is 3.83. The Morgan fingerprint density at radius 1 is 1.17 bits per heavy atom. The molecule has 2 N–H and O–H groups in total. The van der Waals surface area contributed by atoms with E-state index in [4.69, 9.17) is 4.74 Å². The number of aliphatic imine (C=N–C) groups is 1. The summed E-state index contributed by atoms with van der Waals surface area (Å²) in [5, 5.41) is 34.5. The zero-order chi connectivity index (χ0) is 22.5. The highest BCUT2D eigenvalue weighted by Crippen LogP contribution is 2.35. The number of phenolic OH excluding ortho intramolecular Hbond substituents is 1. The van der Waals surface area contributed by atoms with Gasteiger partial charge in [-0.05, 0) is 18.2 Å². The van der Waals surface area contributed by atoms with Crippen LogP contribution in [0.3, 0.4) is 0 Å². The van der Waals surface area contributed by atoms with Crippen molar-refractivity contribution in [3.05, 3.63) is 61.7 Å². The molecule has 0 aliphatic heterocycles. The number of alkyl halides is 3. The standard InChI is InChI=1S/C17H15F3N4O6/c1-30-12-6-10(16(25)15(8-12)24(28)29)9-21-4-5-22-13-3-2-11(17(18,19)20)7-14(13)23(26)27/h2-3,6-9,22,25H,4-5H2,1H3. The monoisotopic (exact) mass is 428 g/mol. The van der Waals surface area contributed by atoms with Crippen LogP contribution in [0.5, 0.6) is 11.5 Å². The van der Waals surface area contributed by atoms with E-state index in [0.29, 0.717) is 12.1 Å². The number of methoxy groups -OCH3 is 1. The quantitative estimate of drug-likeness (QED) is 0.282. The summed E-state index contributed by atoms with van der Waals surface area (Å²) in [5.74, 6) is -0.490. The van der Waals surface area contributed by atoms with Crippen LogP contribution >= 0.6 is 0 Å². The molecule has 0 radical (unpaired) electrons. The second-order valence-corrected chi connectivity index (χ2v) is 5.79. The van der Waals surface area contributed by atoms with E-state index >= 15 is 0 Å². The Morgan fingerprint density at radius 2 is 1.83 bits per heavy atom. The fraction of sp³-hybridized carbons (Fsp3) is 0.235. The van der Waals surface area contributed by atoms with Gasteiger partial charge in [-0.3, -0.25) is 25.2 Å². The van der Waals surface area contributed by atoms with Crippen molar-refractivity contribution in [2.75, 3.05) is 25.5 Å². The second kappa shape index (κ2) is 9.07. The lowest BCUT2D eigenvalue weighted by atomic mass is 10.1. The zero-order valence-electron chi connectivity index (χ0n) is 15.3. The number of rotatable bonds is 8. The van der Waals surface area contributed by atoms with Gasteiger partial charge in [0.2, 0.25) is 5.75 Å². The van der Waals surface area contributed by atoms with Crippen LogP contribution in [0.25, 0.3) is 0 Å². The summed E-state index contributed by atoms with van der Waals surface area (Å²) >= 11 is 0. The van der Waals surface area contributed by atoms with Crippen molar-refractivity contribution in [2.45, 2.75) is 6.18 Å². The summed E-state index contributed by atoms with van der Waals surface area (Å²) in [6, 6.07) is 4.45. The van der Waals surface area contributed by atoms with Crippen molar-refractivity contribution in [2.24, 2.45) is 4.99 Å². The molecule has 160 valence electrons. The van der Waals surface area contributed by atoms with E-state index < -0.39 is 38.7 Å². The number of phenols is 1. The Labute approximate surface area is 166 Å². The first-order valence-electron chi connectivity index (χ1n) is 8.19. The lowest BCUT2D eigenvalue weighted by Crippen LogP contribution is -2.10. The number of halogens is 3. The molecule has 0 bridgehead atoms. The third kappa shape index (κ3) is 5.33. The van der Waals surface area contributed by atoms with E-state index in [2.05, 4.69) is 10.3 Å². The molecule has 2 aromatic rings. The number of nitro groups is 2. The minimum Gasteiger partial charge on any atom is -0.502 e. The van der Waals surface area contributed by atoms with Crippen molar-refractivity contribution >= 4 is 23.3 Å². The molecular formula is C17H15F3N4O6. The molecule has 2 aromatic carbocycles. The zero-order valence-corrected chi connectivity index (χ0v) is 15.3. The predicted molar refractivity (Wildman–Crippen MR) is 100 cm³/mol. The maximum atomic E-state index is 12.7. The molecule has 0 aromatic heterocycles. The Kier molecular flexibility index (Phi) is 6.77. The van der Waals surface area contributed by atoms with E-state index in [-0.39, 0.29) is 30.1 Å². The van der Waals surface area contributed by atoms with Gasteiger partial charge in [-0.1, -0.05) is 0 Å². The molecule has 2 rings (SSSR count). The Hall–Kier alpha value is -3.90. The number of hydrogen-bond acceptors (Lipinski definition) is 8. The molecule has 13 heteroatoms. The smallest absolute Gasteiger partial charge is 0.416 e. The number of ether oxygens (including phenoxy) is 1. The summed E-state index contributed by atoms with van der Waals surface area (Å²) in [6.07, 6.45) is -3.57. The maximum Gasteiger partial charge on any atom is 0.416 e. The van der Waals surface area contributed by atoms with E-state index in [1.165, 1.54) is 13.2 Å². The largest absolute Gasteiger partial charge is 0.502 e. The van der Waals surface area contributed by atoms with Gasteiger partial charge in [-0.2, -0.15) is 13.2 Å². The van der Waals surface area contributed by atoms with Crippen molar-refractivity contribution in [3.8, 4) is 11.5 Å². The molecule has 0 amide bonds. The normalized spacial score (nSPS) is 11.5. The average Bonchev–Trinajstić information content (AvgIpc) is 2.67. The van der Waals surface area contributed by atoms with Gasteiger partial charge in [-0.25, -0.2) is 0 Å². The van der Waals surface area contributed by atoms with Crippen LogP contribution in [0.15, 0.2) is 35.3 Å². The molecule has 0 unspecified atom stereocenters. The first-order valence-corrected chi connectivity index (χ1v) is 8.19. The van der Waals surface area contributed by atoms with Crippen molar-refractivity contribution < 1.29 is 32.9 Å². The minimum absolute atomic E-state index is 0.00260. The van der Waals surface area contributed by atoms with Crippen LogP contribution < -0.4 is 10.1 Å². The van der Waals surface area contributed by atoms with Crippen LogP contribution in [-0.2, 0) is 6.18 Å². The molecule has 0 aliphatic carbocycles. The predicted octanol–water partition coefficient (Wildman–Crippen LogP) is 3.77. The lowest BCUT2D eigenvalue weighted by molar-refractivity contribution is -0.385. The van der Waals surface area contributed by atoms with Gasteiger partial charge < -0.3 is 15.2 Å². The first-order chi connectivity index (χ1) is 14.0. The molecule has 10 nitrogen and oxygen atoms in total. The van der Waals surface area contributed by atoms with Crippen LogP contribution in [0.2, 0.25) is 0 Å². The van der Waals surface area contributed by atoms with E-state index in [1.54, 1.807) is 0 Å². The Bertz CT molecular complexity index is 994. The average molecular weight is 428 g/mol. The highest BCUT2D eigenvalue weighted by Gasteiger charge is 2.33. The highest BCUT2D eigenvalue weighted by molar-refractivity contribution is 5.86.